The Bertz CT molecular complexity index is 199. The normalized spacial score (nSPS) is 12.7. The van der Waals surface area contributed by atoms with Crippen LogP contribution < -0.4 is 0 Å². The molecule has 0 saturated carbocycles. The van der Waals surface area contributed by atoms with Gasteiger partial charge < -0.3 is 4.74 Å². The van der Waals surface area contributed by atoms with Gasteiger partial charge in [-0.25, -0.2) is 0 Å². The van der Waals surface area contributed by atoms with E-state index in [0.29, 0.717) is 6.61 Å². The molecule has 18 heavy (non-hydrogen) atoms. The van der Waals surface area contributed by atoms with Crippen molar-refractivity contribution in [3.8, 4) is 0 Å². The third-order valence-corrected chi connectivity index (χ3v) is 3.29. The lowest BCUT2D eigenvalue weighted by Crippen LogP contribution is -2.15. The van der Waals surface area contributed by atoms with Gasteiger partial charge in [0.05, 0.1) is 12.5 Å². The minimum absolute atomic E-state index is 0.0170. The number of esters is 1. The summed E-state index contributed by atoms with van der Waals surface area (Å²) in [5.41, 5.74) is 0. The molecule has 0 saturated heterocycles. The molecule has 0 aromatic heterocycles. The van der Waals surface area contributed by atoms with Gasteiger partial charge >= 0.3 is 5.97 Å². The van der Waals surface area contributed by atoms with Crippen molar-refractivity contribution in [1.82, 2.24) is 0 Å². The van der Waals surface area contributed by atoms with Crippen molar-refractivity contribution in [1.29, 1.82) is 0 Å². The second kappa shape index (κ2) is 11.6. The fourth-order valence-corrected chi connectivity index (χ4v) is 2.05. The lowest BCUT2D eigenvalue weighted by molar-refractivity contribution is -0.148. The van der Waals surface area contributed by atoms with E-state index in [1.165, 1.54) is 32.1 Å². The van der Waals surface area contributed by atoms with Crippen molar-refractivity contribution in [2.24, 2.45) is 11.8 Å². The number of hydrogen-bond donors (Lipinski definition) is 0. The quantitative estimate of drug-likeness (QED) is 0.385. The summed E-state index contributed by atoms with van der Waals surface area (Å²) in [6.45, 7) is 9.21. The maximum Gasteiger partial charge on any atom is 0.308 e. The molecule has 0 aliphatic carbocycles. The zero-order chi connectivity index (χ0) is 13.8. The largest absolute Gasteiger partial charge is 0.465 e. The second-order valence-corrected chi connectivity index (χ2v) is 5.81. The lowest BCUT2D eigenvalue weighted by Gasteiger charge is -2.10. The fourth-order valence-electron chi connectivity index (χ4n) is 2.05. The molecule has 2 nitrogen and oxygen atoms in total. The first-order valence-electron chi connectivity index (χ1n) is 7.74. The van der Waals surface area contributed by atoms with E-state index in [9.17, 15) is 4.79 Å². The van der Waals surface area contributed by atoms with Gasteiger partial charge in [0.1, 0.15) is 0 Å². The van der Waals surface area contributed by atoms with E-state index in [2.05, 4.69) is 20.8 Å². The second-order valence-electron chi connectivity index (χ2n) is 5.81. The van der Waals surface area contributed by atoms with Crippen LogP contribution in [0.4, 0.5) is 0 Å². The van der Waals surface area contributed by atoms with Crippen LogP contribution in [0.2, 0.25) is 0 Å². The highest BCUT2D eigenvalue weighted by molar-refractivity contribution is 5.71. The Kier molecular flexibility index (Phi) is 11.2. The first kappa shape index (κ1) is 17.5. The summed E-state index contributed by atoms with van der Waals surface area (Å²) in [6, 6.07) is 0. The van der Waals surface area contributed by atoms with Crippen molar-refractivity contribution in [3.63, 3.8) is 0 Å². The summed E-state index contributed by atoms with van der Waals surface area (Å²) in [7, 11) is 0. The van der Waals surface area contributed by atoms with Crippen LogP contribution in [0, 0.1) is 11.8 Å². The smallest absolute Gasteiger partial charge is 0.308 e. The zero-order valence-corrected chi connectivity index (χ0v) is 12.8. The Balaban J connectivity index is 3.27. The topological polar surface area (TPSA) is 26.3 Å². The molecule has 2 heteroatoms. The van der Waals surface area contributed by atoms with Gasteiger partial charge in [-0.3, -0.25) is 4.79 Å². The van der Waals surface area contributed by atoms with Crippen LogP contribution in [0.3, 0.4) is 0 Å². The van der Waals surface area contributed by atoms with Crippen molar-refractivity contribution in [3.05, 3.63) is 0 Å². The molecule has 0 fully saturated rings. The van der Waals surface area contributed by atoms with Crippen LogP contribution in [0.25, 0.3) is 0 Å². The molecular formula is C16H32O2. The van der Waals surface area contributed by atoms with Crippen LogP contribution in [0.1, 0.15) is 79.1 Å². The molecule has 0 bridgehead atoms. The molecule has 108 valence electrons. The lowest BCUT2D eigenvalue weighted by atomic mass is 10.0. The summed E-state index contributed by atoms with van der Waals surface area (Å²) in [5, 5.41) is 0. The fraction of sp³-hybridized carbons (Fsp3) is 0.938. The van der Waals surface area contributed by atoms with E-state index in [1.54, 1.807) is 0 Å². The molecule has 0 spiro atoms. The van der Waals surface area contributed by atoms with Gasteiger partial charge in [-0.05, 0) is 18.8 Å². The van der Waals surface area contributed by atoms with Crippen molar-refractivity contribution < 1.29 is 9.53 Å². The Morgan fingerprint density at radius 2 is 1.56 bits per heavy atom. The number of ether oxygens (including phenoxy) is 1. The Hall–Kier alpha value is -0.530. The third kappa shape index (κ3) is 10.6. The van der Waals surface area contributed by atoms with Gasteiger partial charge in [0, 0.05) is 0 Å². The van der Waals surface area contributed by atoms with E-state index in [4.69, 9.17) is 4.74 Å². The van der Waals surface area contributed by atoms with Gasteiger partial charge in [-0.2, -0.15) is 0 Å². The first-order chi connectivity index (χ1) is 8.57. The van der Waals surface area contributed by atoms with Crippen LogP contribution in [-0.2, 0) is 9.53 Å². The van der Waals surface area contributed by atoms with Gasteiger partial charge in [-0.15, -0.1) is 0 Å². The predicted octanol–water partition coefficient (Wildman–Crippen LogP) is 4.96. The molecule has 1 unspecified atom stereocenters. The third-order valence-electron chi connectivity index (χ3n) is 3.29. The molecule has 0 rings (SSSR count). The van der Waals surface area contributed by atoms with E-state index >= 15 is 0 Å². The number of hydrogen-bond acceptors (Lipinski definition) is 2. The van der Waals surface area contributed by atoms with Crippen molar-refractivity contribution in [2.75, 3.05) is 6.61 Å². The monoisotopic (exact) mass is 256 g/mol. The minimum atomic E-state index is -0.0170. The maximum absolute atomic E-state index is 11.5. The number of unbranched alkanes of at least 4 members (excludes halogenated alkanes) is 4. The summed E-state index contributed by atoms with van der Waals surface area (Å²) in [6.07, 6.45) is 9.46. The van der Waals surface area contributed by atoms with Crippen molar-refractivity contribution >= 4 is 5.97 Å². The van der Waals surface area contributed by atoms with Crippen LogP contribution in [0.5, 0.6) is 0 Å². The zero-order valence-electron chi connectivity index (χ0n) is 12.8. The summed E-state index contributed by atoms with van der Waals surface area (Å²) in [5.74, 6) is 0.878. The van der Waals surface area contributed by atoms with E-state index in [-0.39, 0.29) is 11.9 Å². The first-order valence-corrected chi connectivity index (χ1v) is 7.74. The van der Waals surface area contributed by atoms with Crippen LogP contribution >= 0.6 is 0 Å². The molecule has 0 aliphatic heterocycles. The summed E-state index contributed by atoms with van der Waals surface area (Å²) in [4.78, 5) is 11.5. The minimum Gasteiger partial charge on any atom is -0.465 e. The predicted molar refractivity (Wildman–Crippen MR) is 77.6 cm³/mol. The Morgan fingerprint density at radius 1 is 0.944 bits per heavy atom. The van der Waals surface area contributed by atoms with Gasteiger partial charge in [0.2, 0.25) is 0 Å². The number of carbonyl (C=O) groups is 1. The van der Waals surface area contributed by atoms with Gasteiger partial charge in [0.25, 0.3) is 0 Å². The highest BCUT2D eigenvalue weighted by Crippen LogP contribution is 2.11. The van der Waals surface area contributed by atoms with E-state index in [1.807, 2.05) is 6.92 Å². The highest BCUT2D eigenvalue weighted by Gasteiger charge is 2.12. The summed E-state index contributed by atoms with van der Waals surface area (Å²) < 4.78 is 5.26. The summed E-state index contributed by atoms with van der Waals surface area (Å²) >= 11 is 0. The maximum atomic E-state index is 11.5. The van der Waals surface area contributed by atoms with Gasteiger partial charge in [0.15, 0.2) is 0 Å². The molecule has 1 atom stereocenters. The van der Waals surface area contributed by atoms with Crippen molar-refractivity contribution in [2.45, 2.75) is 79.1 Å². The molecule has 0 heterocycles. The number of rotatable bonds is 11. The molecule has 0 aliphatic rings. The highest BCUT2D eigenvalue weighted by atomic mass is 16.5. The average molecular weight is 256 g/mol. The van der Waals surface area contributed by atoms with Crippen LogP contribution in [0.15, 0.2) is 0 Å². The molecule has 0 aromatic rings. The average Bonchev–Trinajstić information content (AvgIpc) is 2.32. The molecule has 0 N–H and O–H groups in total. The molecule has 0 radical (unpaired) electrons. The number of carbonyl (C=O) groups excluding carboxylic acids is 1. The van der Waals surface area contributed by atoms with Crippen LogP contribution in [-0.4, -0.2) is 12.6 Å². The molecule has 0 amide bonds. The Morgan fingerprint density at radius 3 is 2.17 bits per heavy atom. The van der Waals surface area contributed by atoms with E-state index in [0.717, 1.165) is 25.2 Å². The molecular weight excluding hydrogens is 224 g/mol. The standard InChI is InChI=1S/C16H32O2/c1-5-11-15(4)16(17)18-13-10-8-6-7-9-12-14(2)3/h14-15H,5-13H2,1-4H3. The molecule has 0 aromatic carbocycles. The van der Waals surface area contributed by atoms with Gasteiger partial charge in [-0.1, -0.05) is 66.2 Å². The van der Waals surface area contributed by atoms with E-state index < -0.39 is 0 Å². The SMILES string of the molecule is CCCC(C)C(=O)OCCCCCCCC(C)C. The Labute approximate surface area is 113 Å².